The second-order valence-corrected chi connectivity index (χ2v) is 2.92. The molecule has 0 aliphatic rings. The van der Waals surface area contributed by atoms with Gasteiger partial charge in [0, 0.05) is 7.05 Å². The van der Waals surface area contributed by atoms with Crippen molar-refractivity contribution in [2.75, 3.05) is 12.8 Å². The minimum Gasteiger partial charge on any atom is -0.464 e. The second kappa shape index (κ2) is 3.14. The van der Waals surface area contributed by atoms with Crippen molar-refractivity contribution in [2.24, 2.45) is 7.05 Å². The van der Waals surface area contributed by atoms with Crippen molar-refractivity contribution < 1.29 is 9.53 Å². The Kier molecular flexibility index (Phi) is 2.37. The number of aromatic nitrogens is 2. The lowest BCUT2D eigenvalue weighted by Gasteiger charge is -1.93. The Morgan fingerprint density at radius 1 is 1.75 bits per heavy atom. The minimum atomic E-state index is -0.534. The lowest BCUT2D eigenvalue weighted by Crippen LogP contribution is -2.05. The van der Waals surface area contributed by atoms with E-state index in [1.165, 1.54) is 11.8 Å². The second-order valence-electron chi connectivity index (χ2n) is 2.17. The standard InChI is InChI=1S/C6H8BrN3O2/c1-10-5(7)3(8)4(9-10)6(11)12-2/h8H2,1-2H3. The van der Waals surface area contributed by atoms with Crippen LogP contribution in [0.4, 0.5) is 5.69 Å². The summed E-state index contributed by atoms with van der Waals surface area (Å²) in [6.45, 7) is 0. The zero-order chi connectivity index (χ0) is 9.30. The van der Waals surface area contributed by atoms with Crippen LogP contribution in [0, 0.1) is 0 Å². The first-order valence-corrected chi connectivity index (χ1v) is 3.93. The van der Waals surface area contributed by atoms with Crippen molar-refractivity contribution in [3.8, 4) is 0 Å². The number of carbonyl (C=O) groups is 1. The minimum absolute atomic E-state index is 0.131. The van der Waals surface area contributed by atoms with Gasteiger partial charge in [0.05, 0.1) is 12.8 Å². The molecule has 0 fully saturated rings. The SMILES string of the molecule is COC(=O)c1nn(C)c(Br)c1N. The number of nitrogen functional groups attached to an aromatic ring is 1. The van der Waals surface area contributed by atoms with Gasteiger partial charge in [-0.25, -0.2) is 4.79 Å². The molecule has 1 rings (SSSR count). The number of anilines is 1. The molecule has 0 aliphatic heterocycles. The Labute approximate surface area is 77.6 Å². The van der Waals surface area contributed by atoms with Crippen molar-refractivity contribution in [3.05, 3.63) is 10.3 Å². The molecule has 6 heteroatoms. The van der Waals surface area contributed by atoms with Crippen LogP contribution in [0.1, 0.15) is 10.5 Å². The molecule has 0 radical (unpaired) electrons. The van der Waals surface area contributed by atoms with Crippen LogP contribution in [0.5, 0.6) is 0 Å². The molecule has 0 bridgehead atoms. The fourth-order valence-electron chi connectivity index (χ4n) is 0.767. The normalized spacial score (nSPS) is 9.92. The predicted octanol–water partition coefficient (Wildman–Crippen LogP) is 0.551. The van der Waals surface area contributed by atoms with Gasteiger partial charge < -0.3 is 10.5 Å². The third-order valence-electron chi connectivity index (χ3n) is 1.39. The van der Waals surface area contributed by atoms with Crippen LogP contribution >= 0.6 is 15.9 Å². The van der Waals surface area contributed by atoms with Crippen LogP contribution < -0.4 is 5.73 Å². The van der Waals surface area contributed by atoms with Gasteiger partial charge in [-0.05, 0) is 15.9 Å². The van der Waals surface area contributed by atoms with Gasteiger partial charge in [0.25, 0.3) is 0 Å². The maximum Gasteiger partial charge on any atom is 0.360 e. The summed E-state index contributed by atoms with van der Waals surface area (Å²) in [5.74, 6) is -0.534. The van der Waals surface area contributed by atoms with Crippen LogP contribution in [0.3, 0.4) is 0 Å². The highest BCUT2D eigenvalue weighted by molar-refractivity contribution is 9.10. The molecule has 1 heterocycles. The number of halogens is 1. The Hall–Kier alpha value is -1.04. The highest BCUT2D eigenvalue weighted by Gasteiger charge is 2.18. The number of aryl methyl sites for hydroxylation is 1. The Bertz CT molecular complexity index is 321. The third-order valence-corrected chi connectivity index (χ3v) is 2.33. The van der Waals surface area contributed by atoms with E-state index >= 15 is 0 Å². The van der Waals surface area contributed by atoms with Gasteiger partial charge in [0.2, 0.25) is 0 Å². The molecule has 0 saturated carbocycles. The van der Waals surface area contributed by atoms with Gasteiger partial charge in [0.15, 0.2) is 5.69 Å². The molecule has 1 aromatic heterocycles. The molecular weight excluding hydrogens is 226 g/mol. The number of esters is 1. The number of nitrogens with two attached hydrogens (primary N) is 1. The molecule has 0 spiro atoms. The number of nitrogens with zero attached hydrogens (tertiary/aromatic N) is 2. The van der Waals surface area contributed by atoms with Gasteiger partial charge in [-0.15, -0.1) is 0 Å². The summed E-state index contributed by atoms with van der Waals surface area (Å²) in [6, 6.07) is 0. The van der Waals surface area contributed by atoms with Crippen molar-refractivity contribution in [1.29, 1.82) is 0 Å². The molecule has 66 valence electrons. The van der Waals surface area contributed by atoms with Gasteiger partial charge in [-0.3, -0.25) is 4.68 Å². The average molecular weight is 234 g/mol. The number of ether oxygens (including phenoxy) is 1. The van der Waals surface area contributed by atoms with Gasteiger partial charge in [0.1, 0.15) is 4.60 Å². The van der Waals surface area contributed by atoms with E-state index in [-0.39, 0.29) is 5.69 Å². The van der Waals surface area contributed by atoms with Crippen LogP contribution in [-0.2, 0) is 11.8 Å². The van der Waals surface area contributed by atoms with E-state index in [9.17, 15) is 4.79 Å². The van der Waals surface area contributed by atoms with Crippen LogP contribution in [0.2, 0.25) is 0 Å². The number of carbonyl (C=O) groups excluding carboxylic acids is 1. The van der Waals surface area contributed by atoms with Gasteiger partial charge >= 0.3 is 5.97 Å². The molecule has 12 heavy (non-hydrogen) atoms. The quantitative estimate of drug-likeness (QED) is 0.720. The zero-order valence-corrected chi connectivity index (χ0v) is 8.25. The van der Waals surface area contributed by atoms with Crippen molar-refractivity contribution in [1.82, 2.24) is 9.78 Å². The smallest absolute Gasteiger partial charge is 0.360 e. The molecule has 0 aliphatic carbocycles. The Morgan fingerprint density at radius 3 is 2.67 bits per heavy atom. The molecule has 0 unspecified atom stereocenters. The maximum atomic E-state index is 11.0. The van der Waals surface area contributed by atoms with Gasteiger partial charge in [-0.1, -0.05) is 0 Å². The predicted molar refractivity (Wildman–Crippen MR) is 46.7 cm³/mol. The van der Waals surface area contributed by atoms with Crippen molar-refractivity contribution >= 4 is 27.6 Å². The highest BCUT2D eigenvalue weighted by atomic mass is 79.9. The number of rotatable bonds is 1. The van der Waals surface area contributed by atoms with E-state index in [1.807, 2.05) is 0 Å². The molecule has 2 N–H and O–H groups in total. The molecule has 0 atom stereocenters. The van der Waals surface area contributed by atoms with Crippen LogP contribution in [-0.4, -0.2) is 22.9 Å². The molecular formula is C6H8BrN3O2. The van der Waals surface area contributed by atoms with Crippen LogP contribution in [0.25, 0.3) is 0 Å². The fraction of sp³-hybridized carbons (Fsp3) is 0.333. The van der Waals surface area contributed by atoms with E-state index in [2.05, 4.69) is 25.8 Å². The number of hydrogen-bond donors (Lipinski definition) is 1. The monoisotopic (exact) mass is 233 g/mol. The molecule has 5 nitrogen and oxygen atoms in total. The van der Waals surface area contributed by atoms with E-state index in [4.69, 9.17) is 5.73 Å². The fourth-order valence-corrected chi connectivity index (χ4v) is 1.03. The lowest BCUT2D eigenvalue weighted by molar-refractivity contribution is 0.0594. The summed E-state index contributed by atoms with van der Waals surface area (Å²) in [7, 11) is 2.96. The molecule has 0 saturated heterocycles. The summed E-state index contributed by atoms with van der Waals surface area (Å²) in [6.07, 6.45) is 0. The summed E-state index contributed by atoms with van der Waals surface area (Å²) in [4.78, 5) is 11.0. The summed E-state index contributed by atoms with van der Waals surface area (Å²) >= 11 is 3.17. The third kappa shape index (κ3) is 1.29. The summed E-state index contributed by atoms with van der Waals surface area (Å²) < 4.78 is 6.50. The largest absolute Gasteiger partial charge is 0.464 e. The highest BCUT2D eigenvalue weighted by Crippen LogP contribution is 2.22. The molecule has 0 amide bonds. The summed E-state index contributed by atoms with van der Waals surface area (Å²) in [5.41, 5.74) is 5.98. The molecule has 1 aromatic rings. The first kappa shape index (κ1) is 9.05. The average Bonchev–Trinajstić information content (AvgIpc) is 2.32. The lowest BCUT2D eigenvalue weighted by atomic mass is 10.4. The van der Waals surface area contributed by atoms with E-state index in [0.717, 1.165) is 0 Å². The maximum absolute atomic E-state index is 11.0. The number of methoxy groups -OCH3 is 1. The van der Waals surface area contributed by atoms with Crippen molar-refractivity contribution in [2.45, 2.75) is 0 Å². The molecule has 0 aromatic carbocycles. The van der Waals surface area contributed by atoms with Crippen LogP contribution in [0.15, 0.2) is 4.60 Å². The van der Waals surface area contributed by atoms with E-state index in [0.29, 0.717) is 10.3 Å². The van der Waals surface area contributed by atoms with E-state index in [1.54, 1.807) is 7.05 Å². The first-order valence-electron chi connectivity index (χ1n) is 3.14. The Morgan fingerprint density at radius 2 is 2.33 bits per heavy atom. The zero-order valence-electron chi connectivity index (χ0n) is 6.67. The van der Waals surface area contributed by atoms with Gasteiger partial charge in [-0.2, -0.15) is 5.10 Å². The number of hydrogen-bond acceptors (Lipinski definition) is 4. The van der Waals surface area contributed by atoms with E-state index < -0.39 is 5.97 Å². The Balaban J connectivity index is 3.17. The first-order chi connectivity index (χ1) is 5.57. The topological polar surface area (TPSA) is 70.1 Å². The summed E-state index contributed by atoms with van der Waals surface area (Å²) in [5, 5.41) is 3.85. The van der Waals surface area contributed by atoms with Crippen molar-refractivity contribution in [3.63, 3.8) is 0 Å².